The standard InChI is InChI=1S/C19H24BrN3O2/c1-13-11-14(20)12-15-16(5-6-21-17(13)15)22-7-9-23(10-8-22)18(24)25-19(2,3)4/h5-6,11-12H,7-10H2,1-4H3. The number of piperazine rings is 1. The number of aromatic nitrogens is 1. The van der Waals surface area contributed by atoms with Crippen molar-refractivity contribution >= 4 is 38.6 Å². The molecular weight excluding hydrogens is 382 g/mol. The Hall–Kier alpha value is -1.82. The Morgan fingerprint density at radius 1 is 1.20 bits per heavy atom. The Morgan fingerprint density at radius 3 is 2.52 bits per heavy atom. The smallest absolute Gasteiger partial charge is 0.410 e. The van der Waals surface area contributed by atoms with Crippen molar-refractivity contribution in [3.63, 3.8) is 0 Å². The third-order valence-corrected chi connectivity index (χ3v) is 4.71. The summed E-state index contributed by atoms with van der Waals surface area (Å²) >= 11 is 3.58. The number of aryl methyl sites for hydroxylation is 1. The number of hydrogen-bond donors (Lipinski definition) is 0. The molecule has 0 saturated carbocycles. The van der Waals surface area contributed by atoms with E-state index in [4.69, 9.17) is 4.74 Å². The molecule has 6 heteroatoms. The zero-order valence-electron chi connectivity index (χ0n) is 15.2. The maximum Gasteiger partial charge on any atom is 0.410 e. The monoisotopic (exact) mass is 405 g/mol. The van der Waals surface area contributed by atoms with Crippen molar-refractivity contribution in [2.24, 2.45) is 0 Å². The lowest BCUT2D eigenvalue weighted by Crippen LogP contribution is -2.50. The zero-order valence-corrected chi connectivity index (χ0v) is 16.8. The van der Waals surface area contributed by atoms with Crippen LogP contribution in [0.3, 0.4) is 0 Å². The SMILES string of the molecule is Cc1cc(Br)cc2c(N3CCN(C(=O)OC(C)(C)C)CC3)ccnc12. The second-order valence-corrected chi connectivity index (χ2v) is 8.32. The van der Waals surface area contributed by atoms with E-state index in [2.05, 4.69) is 50.9 Å². The number of carbonyl (C=O) groups is 1. The minimum atomic E-state index is -0.459. The van der Waals surface area contributed by atoms with E-state index in [0.29, 0.717) is 13.1 Å². The summed E-state index contributed by atoms with van der Waals surface area (Å²) < 4.78 is 6.53. The van der Waals surface area contributed by atoms with Crippen molar-refractivity contribution in [3.8, 4) is 0 Å². The summed E-state index contributed by atoms with van der Waals surface area (Å²) in [7, 11) is 0. The fourth-order valence-corrected chi connectivity index (χ4v) is 3.68. The molecule has 1 aromatic heterocycles. The lowest BCUT2D eigenvalue weighted by molar-refractivity contribution is 0.0240. The minimum Gasteiger partial charge on any atom is -0.444 e. The molecule has 3 rings (SSSR count). The molecule has 0 unspecified atom stereocenters. The van der Waals surface area contributed by atoms with Crippen molar-refractivity contribution in [2.75, 3.05) is 31.1 Å². The molecule has 134 valence electrons. The van der Waals surface area contributed by atoms with Crippen molar-refractivity contribution in [3.05, 3.63) is 34.4 Å². The number of anilines is 1. The van der Waals surface area contributed by atoms with Gasteiger partial charge in [0.25, 0.3) is 0 Å². The average molecular weight is 406 g/mol. The van der Waals surface area contributed by atoms with Gasteiger partial charge in [-0.15, -0.1) is 0 Å². The highest BCUT2D eigenvalue weighted by atomic mass is 79.9. The Bertz CT molecular complexity index is 793. The molecular formula is C19H24BrN3O2. The van der Waals surface area contributed by atoms with E-state index in [1.54, 1.807) is 4.90 Å². The van der Waals surface area contributed by atoms with Crippen LogP contribution in [-0.4, -0.2) is 47.8 Å². The first-order valence-corrected chi connectivity index (χ1v) is 9.31. The van der Waals surface area contributed by atoms with E-state index in [1.807, 2.05) is 27.0 Å². The molecule has 0 spiro atoms. The fourth-order valence-electron chi connectivity index (χ4n) is 3.11. The number of hydrogen-bond acceptors (Lipinski definition) is 4. The number of carbonyl (C=O) groups excluding carboxylic acids is 1. The number of halogens is 1. The van der Waals surface area contributed by atoms with E-state index < -0.39 is 5.60 Å². The molecule has 1 aliphatic rings. The third-order valence-electron chi connectivity index (χ3n) is 4.25. The van der Waals surface area contributed by atoms with Crippen molar-refractivity contribution < 1.29 is 9.53 Å². The summed E-state index contributed by atoms with van der Waals surface area (Å²) in [5, 5.41) is 1.14. The van der Waals surface area contributed by atoms with E-state index in [9.17, 15) is 4.79 Å². The Labute approximate surface area is 157 Å². The van der Waals surface area contributed by atoms with Crippen molar-refractivity contribution in [1.82, 2.24) is 9.88 Å². The van der Waals surface area contributed by atoms with Crippen LogP contribution in [-0.2, 0) is 4.74 Å². The van der Waals surface area contributed by atoms with E-state index >= 15 is 0 Å². The second-order valence-electron chi connectivity index (χ2n) is 7.40. The molecule has 0 bridgehead atoms. The molecule has 1 amide bonds. The number of pyridine rings is 1. The number of ether oxygens (including phenoxy) is 1. The van der Waals surface area contributed by atoms with Crippen LogP contribution in [0, 0.1) is 6.92 Å². The number of nitrogens with zero attached hydrogens (tertiary/aromatic N) is 3. The van der Waals surface area contributed by atoms with Gasteiger partial charge in [0.2, 0.25) is 0 Å². The van der Waals surface area contributed by atoms with Crippen LogP contribution in [0.25, 0.3) is 10.9 Å². The van der Waals surface area contributed by atoms with Gasteiger partial charge < -0.3 is 14.5 Å². The Kier molecular flexibility index (Phi) is 4.91. The fraction of sp³-hybridized carbons (Fsp3) is 0.474. The first-order chi connectivity index (χ1) is 11.7. The Balaban J connectivity index is 1.78. The molecule has 0 N–H and O–H groups in total. The predicted molar refractivity (Wildman–Crippen MR) is 104 cm³/mol. The van der Waals surface area contributed by atoms with Gasteiger partial charge in [0, 0.05) is 47.9 Å². The van der Waals surface area contributed by atoms with Crippen LogP contribution in [0.4, 0.5) is 10.5 Å². The highest BCUT2D eigenvalue weighted by molar-refractivity contribution is 9.10. The van der Waals surface area contributed by atoms with Gasteiger partial charge in [0.1, 0.15) is 5.60 Å². The molecule has 5 nitrogen and oxygen atoms in total. The lowest BCUT2D eigenvalue weighted by atomic mass is 10.1. The van der Waals surface area contributed by atoms with Crippen LogP contribution < -0.4 is 4.90 Å². The van der Waals surface area contributed by atoms with Gasteiger partial charge in [-0.2, -0.15) is 0 Å². The van der Waals surface area contributed by atoms with E-state index in [1.165, 1.54) is 5.69 Å². The summed E-state index contributed by atoms with van der Waals surface area (Å²) in [4.78, 5) is 20.9. The van der Waals surface area contributed by atoms with Gasteiger partial charge in [-0.25, -0.2) is 4.79 Å². The molecule has 2 aromatic rings. The predicted octanol–water partition coefficient (Wildman–Crippen LogP) is 4.36. The number of fused-ring (bicyclic) bond motifs is 1. The topological polar surface area (TPSA) is 45.7 Å². The highest BCUT2D eigenvalue weighted by Crippen LogP contribution is 2.31. The van der Waals surface area contributed by atoms with Gasteiger partial charge in [-0.3, -0.25) is 4.98 Å². The third kappa shape index (κ3) is 4.06. The summed E-state index contributed by atoms with van der Waals surface area (Å²) in [6, 6.07) is 6.25. The Morgan fingerprint density at radius 2 is 1.88 bits per heavy atom. The second kappa shape index (κ2) is 6.83. The van der Waals surface area contributed by atoms with Gasteiger partial charge in [0.15, 0.2) is 0 Å². The van der Waals surface area contributed by atoms with Crippen LogP contribution in [0.1, 0.15) is 26.3 Å². The molecule has 0 radical (unpaired) electrons. The molecule has 1 aliphatic heterocycles. The normalized spacial score (nSPS) is 15.6. The number of benzene rings is 1. The first-order valence-electron chi connectivity index (χ1n) is 8.52. The van der Waals surface area contributed by atoms with Gasteiger partial charge in [0.05, 0.1) is 5.52 Å². The van der Waals surface area contributed by atoms with E-state index in [0.717, 1.165) is 34.0 Å². The van der Waals surface area contributed by atoms with Crippen LogP contribution >= 0.6 is 15.9 Å². The number of amides is 1. The molecule has 0 atom stereocenters. The largest absolute Gasteiger partial charge is 0.444 e. The van der Waals surface area contributed by atoms with Gasteiger partial charge in [-0.1, -0.05) is 15.9 Å². The first kappa shape index (κ1) is 18.0. The number of rotatable bonds is 1. The molecule has 0 aliphatic carbocycles. The van der Waals surface area contributed by atoms with Crippen LogP contribution in [0.5, 0.6) is 0 Å². The molecule has 25 heavy (non-hydrogen) atoms. The van der Waals surface area contributed by atoms with Crippen LogP contribution in [0.15, 0.2) is 28.9 Å². The quantitative estimate of drug-likeness (QED) is 0.706. The summed E-state index contributed by atoms with van der Waals surface area (Å²) in [6.07, 6.45) is 1.63. The molecule has 1 fully saturated rings. The molecule has 1 aromatic carbocycles. The van der Waals surface area contributed by atoms with Gasteiger partial charge >= 0.3 is 6.09 Å². The molecule has 2 heterocycles. The van der Waals surface area contributed by atoms with Crippen LogP contribution in [0.2, 0.25) is 0 Å². The van der Waals surface area contributed by atoms with E-state index in [-0.39, 0.29) is 6.09 Å². The van der Waals surface area contributed by atoms with Crippen molar-refractivity contribution in [1.29, 1.82) is 0 Å². The van der Waals surface area contributed by atoms with Gasteiger partial charge in [-0.05, 0) is 51.5 Å². The zero-order chi connectivity index (χ0) is 18.2. The summed E-state index contributed by atoms with van der Waals surface area (Å²) in [5.74, 6) is 0. The maximum atomic E-state index is 12.2. The maximum absolute atomic E-state index is 12.2. The average Bonchev–Trinajstić information content (AvgIpc) is 2.53. The summed E-state index contributed by atoms with van der Waals surface area (Å²) in [6.45, 7) is 10.6. The minimum absolute atomic E-state index is 0.231. The highest BCUT2D eigenvalue weighted by Gasteiger charge is 2.26. The molecule has 1 saturated heterocycles. The lowest BCUT2D eigenvalue weighted by Gasteiger charge is -2.37. The van der Waals surface area contributed by atoms with Crippen molar-refractivity contribution in [2.45, 2.75) is 33.3 Å². The summed E-state index contributed by atoms with van der Waals surface area (Å²) in [5.41, 5.74) is 2.88.